The average molecular weight is 332 g/mol. The van der Waals surface area contributed by atoms with Crippen molar-refractivity contribution in [2.75, 3.05) is 18.4 Å². The molecule has 0 spiro atoms. The summed E-state index contributed by atoms with van der Waals surface area (Å²) in [5.74, 6) is -0.765. The van der Waals surface area contributed by atoms with Crippen LogP contribution < -0.4 is 5.32 Å². The third-order valence-corrected chi connectivity index (χ3v) is 3.93. The molecule has 0 radical (unpaired) electrons. The van der Waals surface area contributed by atoms with E-state index in [9.17, 15) is 19.3 Å². The monoisotopic (exact) mass is 331 g/mol. The Balaban J connectivity index is 2.27. The van der Waals surface area contributed by atoms with Crippen molar-refractivity contribution >= 4 is 29.1 Å². The SMILES string of the molecule is O=C(O)N1CCCC[C@@H](Nc2c([N+](=O)[O-])ccc(F)c2Cl)C1. The molecule has 1 heterocycles. The van der Waals surface area contributed by atoms with E-state index in [4.69, 9.17) is 16.7 Å². The lowest BCUT2D eigenvalue weighted by atomic mass is 10.1. The predicted octanol–water partition coefficient (Wildman–Crippen LogP) is 3.33. The highest BCUT2D eigenvalue weighted by molar-refractivity contribution is 6.33. The van der Waals surface area contributed by atoms with E-state index in [0.29, 0.717) is 19.4 Å². The van der Waals surface area contributed by atoms with Crippen LogP contribution in [0.3, 0.4) is 0 Å². The molecule has 1 aliphatic rings. The van der Waals surface area contributed by atoms with Gasteiger partial charge in [0.15, 0.2) is 0 Å². The van der Waals surface area contributed by atoms with Crippen LogP contribution in [0.25, 0.3) is 0 Å². The van der Waals surface area contributed by atoms with Crippen LogP contribution >= 0.6 is 11.6 Å². The van der Waals surface area contributed by atoms with Gasteiger partial charge in [-0.15, -0.1) is 0 Å². The molecule has 1 aliphatic heterocycles. The summed E-state index contributed by atoms with van der Waals surface area (Å²) in [6.45, 7) is 0.575. The molecule has 1 fully saturated rings. The second kappa shape index (κ2) is 6.78. The minimum Gasteiger partial charge on any atom is -0.465 e. The maximum absolute atomic E-state index is 13.6. The number of anilines is 1. The molecule has 22 heavy (non-hydrogen) atoms. The van der Waals surface area contributed by atoms with Crippen LogP contribution in [0.4, 0.5) is 20.6 Å². The summed E-state index contributed by atoms with van der Waals surface area (Å²) in [5, 5.41) is 22.6. The number of nitro groups is 1. The van der Waals surface area contributed by atoms with Gasteiger partial charge in [0.1, 0.15) is 16.5 Å². The number of rotatable bonds is 3. The molecule has 0 unspecified atom stereocenters. The summed E-state index contributed by atoms with van der Waals surface area (Å²) in [6.07, 6.45) is 1.05. The van der Waals surface area contributed by atoms with Gasteiger partial charge in [0.05, 0.1) is 4.92 Å². The minimum absolute atomic E-state index is 0.107. The molecule has 2 N–H and O–H groups in total. The molecule has 2 rings (SSSR count). The largest absolute Gasteiger partial charge is 0.465 e. The van der Waals surface area contributed by atoms with Crippen LogP contribution in [0.1, 0.15) is 19.3 Å². The number of hydrogen-bond acceptors (Lipinski definition) is 4. The second-order valence-electron chi connectivity index (χ2n) is 5.08. The molecule has 1 aromatic rings. The Morgan fingerprint density at radius 2 is 2.23 bits per heavy atom. The summed E-state index contributed by atoms with van der Waals surface area (Å²) in [7, 11) is 0. The summed E-state index contributed by atoms with van der Waals surface area (Å²) in [5.41, 5.74) is -0.443. The molecule has 120 valence electrons. The number of halogens is 2. The molecule has 0 bridgehead atoms. The fourth-order valence-electron chi connectivity index (χ4n) is 2.47. The fourth-order valence-corrected chi connectivity index (χ4v) is 2.68. The third-order valence-electron chi connectivity index (χ3n) is 3.56. The van der Waals surface area contributed by atoms with Crippen molar-refractivity contribution in [3.05, 3.63) is 33.1 Å². The van der Waals surface area contributed by atoms with Crippen LogP contribution in [0.15, 0.2) is 12.1 Å². The topological polar surface area (TPSA) is 95.7 Å². The Morgan fingerprint density at radius 3 is 2.86 bits per heavy atom. The highest BCUT2D eigenvalue weighted by Gasteiger charge is 2.26. The third kappa shape index (κ3) is 3.56. The van der Waals surface area contributed by atoms with Crippen molar-refractivity contribution < 1.29 is 19.2 Å². The summed E-state index contributed by atoms with van der Waals surface area (Å²) in [4.78, 5) is 22.7. The van der Waals surface area contributed by atoms with E-state index in [-0.39, 0.29) is 29.0 Å². The predicted molar refractivity (Wildman–Crippen MR) is 78.9 cm³/mol. The molecule has 0 aromatic heterocycles. The lowest BCUT2D eigenvalue weighted by Gasteiger charge is -2.23. The second-order valence-corrected chi connectivity index (χ2v) is 5.46. The Labute approximate surface area is 130 Å². The van der Waals surface area contributed by atoms with E-state index < -0.39 is 16.8 Å². The molecule has 1 atom stereocenters. The van der Waals surface area contributed by atoms with Crippen LogP contribution in [0.2, 0.25) is 5.02 Å². The van der Waals surface area contributed by atoms with Crippen molar-refractivity contribution in [3.63, 3.8) is 0 Å². The quantitative estimate of drug-likeness (QED) is 0.654. The first-order chi connectivity index (χ1) is 10.4. The lowest BCUT2D eigenvalue weighted by molar-refractivity contribution is -0.384. The Bertz CT molecular complexity index is 599. The number of nitrogens with zero attached hydrogens (tertiary/aromatic N) is 2. The van der Waals surface area contributed by atoms with Gasteiger partial charge in [-0.25, -0.2) is 9.18 Å². The van der Waals surface area contributed by atoms with Gasteiger partial charge >= 0.3 is 6.09 Å². The summed E-state index contributed by atoms with van der Waals surface area (Å²) in [6, 6.07) is 1.61. The van der Waals surface area contributed by atoms with Gasteiger partial charge in [0.2, 0.25) is 0 Å². The lowest BCUT2D eigenvalue weighted by Crippen LogP contribution is -2.38. The zero-order valence-corrected chi connectivity index (χ0v) is 12.3. The maximum Gasteiger partial charge on any atom is 0.407 e. The molecule has 0 saturated carbocycles. The van der Waals surface area contributed by atoms with E-state index in [1.807, 2.05) is 0 Å². The van der Waals surface area contributed by atoms with E-state index in [1.54, 1.807) is 0 Å². The van der Waals surface area contributed by atoms with Crippen molar-refractivity contribution in [2.24, 2.45) is 0 Å². The van der Waals surface area contributed by atoms with Gasteiger partial charge in [-0.05, 0) is 25.3 Å². The summed E-state index contributed by atoms with van der Waals surface area (Å²) < 4.78 is 13.6. The molecule has 1 amide bonds. The molecular weight excluding hydrogens is 317 g/mol. The molecular formula is C13H15ClFN3O4. The van der Waals surface area contributed by atoms with Crippen LogP contribution in [0, 0.1) is 15.9 Å². The van der Waals surface area contributed by atoms with Crippen molar-refractivity contribution in [3.8, 4) is 0 Å². The number of nitro benzene ring substituents is 1. The summed E-state index contributed by atoms with van der Waals surface area (Å²) >= 11 is 5.83. The van der Waals surface area contributed by atoms with E-state index in [0.717, 1.165) is 18.6 Å². The van der Waals surface area contributed by atoms with Gasteiger partial charge in [-0.3, -0.25) is 10.1 Å². The van der Waals surface area contributed by atoms with Crippen LogP contribution in [0.5, 0.6) is 0 Å². The zero-order chi connectivity index (χ0) is 16.3. The maximum atomic E-state index is 13.6. The zero-order valence-electron chi connectivity index (χ0n) is 11.6. The van der Waals surface area contributed by atoms with Gasteiger partial charge in [0, 0.05) is 25.2 Å². The highest BCUT2D eigenvalue weighted by Crippen LogP contribution is 2.35. The van der Waals surface area contributed by atoms with Crippen LogP contribution in [-0.4, -0.2) is 40.2 Å². The molecule has 1 aromatic carbocycles. The molecule has 9 heteroatoms. The first-order valence-electron chi connectivity index (χ1n) is 6.77. The van der Waals surface area contributed by atoms with Crippen molar-refractivity contribution in [1.82, 2.24) is 4.90 Å². The number of likely N-dealkylation sites (tertiary alicyclic amines) is 1. The van der Waals surface area contributed by atoms with Crippen LogP contribution in [-0.2, 0) is 0 Å². The average Bonchev–Trinajstić information content (AvgIpc) is 2.69. The highest BCUT2D eigenvalue weighted by atomic mass is 35.5. The Hall–Kier alpha value is -2.09. The van der Waals surface area contributed by atoms with Crippen molar-refractivity contribution in [1.29, 1.82) is 0 Å². The molecule has 7 nitrogen and oxygen atoms in total. The molecule has 1 saturated heterocycles. The number of benzene rings is 1. The number of carbonyl (C=O) groups is 1. The standard InChI is InChI=1S/C13H15ClFN3O4/c14-11-9(15)4-5-10(18(21)22)12(11)16-8-3-1-2-6-17(7-8)13(19)20/h4-5,8,16H,1-3,6-7H2,(H,19,20)/t8-/m1/s1. The van der Waals surface area contributed by atoms with Gasteiger partial charge in [-0.2, -0.15) is 0 Å². The first kappa shape index (κ1) is 16.3. The normalized spacial score (nSPS) is 18.6. The number of amides is 1. The number of carboxylic acid groups (broad SMARTS) is 1. The Kier molecular flexibility index (Phi) is 5.02. The van der Waals surface area contributed by atoms with E-state index in [1.165, 1.54) is 4.90 Å². The fraction of sp³-hybridized carbons (Fsp3) is 0.462. The number of hydrogen-bond donors (Lipinski definition) is 2. The van der Waals surface area contributed by atoms with Gasteiger partial charge in [0.25, 0.3) is 5.69 Å². The number of nitrogens with one attached hydrogen (secondary N) is 1. The van der Waals surface area contributed by atoms with Gasteiger partial charge in [-0.1, -0.05) is 11.6 Å². The van der Waals surface area contributed by atoms with E-state index in [2.05, 4.69) is 5.32 Å². The molecule has 0 aliphatic carbocycles. The minimum atomic E-state index is -1.05. The van der Waals surface area contributed by atoms with Gasteiger partial charge < -0.3 is 15.3 Å². The Morgan fingerprint density at radius 1 is 1.50 bits per heavy atom. The smallest absolute Gasteiger partial charge is 0.407 e. The van der Waals surface area contributed by atoms with Crippen molar-refractivity contribution in [2.45, 2.75) is 25.3 Å². The first-order valence-corrected chi connectivity index (χ1v) is 7.14. The van der Waals surface area contributed by atoms with E-state index >= 15 is 0 Å².